The lowest BCUT2D eigenvalue weighted by molar-refractivity contribution is 0.574. The average molecular weight is 317 g/mol. The van der Waals surface area contributed by atoms with Crippen molar-refractivity contribution in [2.24, 2.45) is 0 Å². The molecule has 0 saturated heterocycles. The Balaban J connectivity index is 2.20. The Morgan fingerprint density at radius 1 is 1.40 bits per heavy atom. The second kappa shape index (κ2) is 5.87. The van der Waals surface area contributed by atoms with Crippen LogP contribution < -0.4 is 14.9 Å². The summed E-state index contributed by atoms with van der Waals surface area (Å²) in [6.45, 7) is 2.18. The van der Waals surface area contributed by atoms with E-state index in [2.05, 4.69) is 25.2 Å². The van der Waals surface area contributed by atoms with Crippen molar-refractivity contribution in [2.45, 2.75) is 25.0 Å². The van der Waals surface area contributed by atoms with Gasteiger partial charge in [0, 0.05) is 28.9 Å². The number of H-pyrrole nitrogens is 2. The number of sulfonamides is 1. The molecule has 0 atom stereocenters. The van der Waals surface area contributed by atoms with Crippen molar-refractivity contribution in [3.05, 3.63) is 32.0 Å². The molecule has 110 valence electrons. The van der Waals surface area contributed by atoms with Crippen molar-refractivity contribution in [2.75, 3.05) is 7.05 Å². The molecule has 2 rings (SSSR count). The minimum Gasteiger partial charge on any atom is -0.316 e. The van der Waals surface area contributed by atoms with Crippen molar-refractivity contribution in [3.63, 3.8) is 0 Å². The molecule has 2 heterocycles. The first-order valence-electron chi connectivity index (χ1n) is 5.79. The number of nitrogens with zero attached hydrogens (tertiary/aromatic N) is 1. The molecule has 2 aromatic heterocycles. The Hall–Kier alpha value is -1.49. The third-order valence-electron chi connectivity index (χ3n) is 2.67. The molecule has 0 radical (unpaired) electrons. The fourth-order valence-corrected chi connectivity index (χ4v) is 3.46. The van der Waals surface area contributed by atoms with Crippen molar-refractivity contribution >= 4 is 21.4 Å². The van der Waals surface area contributed by atoms with Gasteiger partial charge >= 0.3 is 4.87 Å². The molecule has 0 aliphatic rings. The van der Waals surface area contributed by atoms with Crippen LogP contribution in [0, 0.1) is 6.92 Å². The summed E-state index contributed by atoms with van der Waals surface area (Å²) in [4.78, 5) is 13.3. The first kappa shape index (κ1) is 14.9. The summed E-state index contributed by atoms with van der Waals surface area (Å²) in [6.07, 6.45) is 0. The summed E-state index contributed by atoms with van der Waals surface area (Å²) >= 11 is 0.988. The number of aryl methyl sites for hydroxylation is 1. The highest BCUT2D eigenvalue weighted by Crippen LogP contribution is 2.16. The second-order valence-electron chi connectivity index (χ2n) is 4.16. The van der Waals surface area contributed by atoms with Crippen LogP contribution in [-0.2, 0) is 23.1 Å². The van der Waals surface area contributed by atoms with Gasteiger partial charge in [0.1, 0.15) is 0 Å². The maximum atomic E-state index is 12.2. The molecule has 4 N–H and O–H groups in total. The molecule has 8 nitrogen and oxygen atoms in total. The standard InChI is InChI=1S/C10H15N5O3S2/c1-6-8(4-11-2)9(15-14-6)20(17,18)12-3-7-5-19-10(16)13-7/h5,11-12H,3-4H2,1-2H3,(H,13,16)(H,14,15). The summed E-state index contributed by atoms with van der Waals surface area (Å²) in [5.74, 6) is 0. The molecule has 0 amide bonds. The monoisotopic (exact) mass is 317 g/mol. The van der Waals surface area contributed by atoms with Gasteiger partial charge in [-0.1, -0.05) is 11.3 Å². The van der Waals surface area contributed by atoms with Gasteiger partial charge in [0.25, 0.3) is 10.0 Å². The maximum absolute atomic E-state index is 12.2. The van der Waals surface area contributed by atoms with E-state index >= 15 is 0 Å². The van der Waals surface area contributed by atoms with Gasteiger partial charge in [-0.15, -0.1) is 0 Å². The van der Waals surface area contributed by atoms with Gasteiger partial charge in [0.05, 0.1) is 6.54 Å². The van der Waals surface area contributed by atoms with E-state index in [1.807, 2.05) is 0 Å². The molecule has 20 heavy (non-hydrogen) atoms. The minimum absolute atomic E-state index is 0.0198. The topological polar surface area (TPSA) is 120 Å². The third-order valence-corrected chi connectivity index (χ3v) is 4.76. The van der Waals surface area contributed by atoms with Crippen molar-refractivity contribution in [3.8, 4) is 0 Å². The van der Waals surface area contributed by atoms with Crippen LogP contribution in [-0.4, -0.2) is 30.6 Å². The molecule has 0 bridgehead atoms. The molecule has 0 unspecified atom stereocenters. The zero-order valence-corrected chi connectivity index (χ0v) is 12.6. The van der Waals surface area contributed by atoms with E-state index in [1.54, 1.807) is 19.4 Å². The first-order chi connectivity index (χ1) is 9.44. The number of hydrogen-bond donors (Lipinski definition) is 4. The molecule has 0 saturated carbocycles. The van der Waals surface area contributed by atoms with Gasteiger partial charge in [-0.2, -0.15) is 5.10 Å². The Morgan fingerprint density at radius 3 is 2.75 bits per heavy atom. The van der Waals surface area contributed by atoms with E-state index in [0.717, 1.165) is 11.3 Å². The third kappa shape index (κ3) is 3.15. The van der Waals surface area contributed by atoms with Gasteiger partial charge < -0.3 is 10.3 Å². The Labute approximate surface area is 119 Å². The number of thiazole rings is 1. The number of aromatic amines is 2. The van der Waals surface area contributed by atoms with Crippen LogP contribution >= 0.6 is 11.3 Å². The fourth-order valence-electron chi connectivity index (χ4n) is 1.68. The minimum atomic E-state index is -3.73. The molecular formula is C10H15N5O3S2. The summed E-state index contributed by atoms with van der Waals surface area (Å²) in [6, 6.07) is 0. The molecular weight excluding hydrogens is 302 g/mol. The largest absolute Gasteiger partial charge is 0.316 e. The smallest absolute Gasteiger partial charge is 0.304 e. The lowest BCUT2D eigenvalue weighted by Crippen LogP contribution is -2.25. The van der Waals surface area contributed by atoms with Gasteiger partial charge in [0.15, 0.2) is 5.03 Å². The predicted octanol–water partition coefficient (Wildman–Crippen LogP) is -0.334. The fraction of sp³-hybridized carbons (Fsp3) is 0.400. The predicted molar refractivity (Wildman–Crippen MR) is 75.1 cm³/mol. The second-order valence-corrected chi connectivity index (χ2v) is 6.69. The number of hydrogen-bond acceptors (Lipinski definition) is 6. The lowest BCUT2D eigenvalue weighted by atomic mass is 10.3. The Bertz CT molecular complexity index is 743. The van der Waals surface area contributed by atoms with Gasteiger partial charge in [-0.05, 0) is 14.0 Å². The van der Waals surface area contributed by atoms with Crippen LogP contribution in [0.25, 0.3) is 0 Å². The van der Waals surface area contributed by atoms with Crippen LogP contribution in [0.2, 0.25) is 0 Å². The van der Waals surface area contributed by atoms with Crippen LogP contribution in [0.4, 0.5) is 0 Å². The van der Waals surface area contributed by atoms with Gasteiger partial charge in [-0.25, -0.2) is 13.1 Å². The quantitative estimate of drug-likeness (QED) is 0.581. The van der Waals surface area contributed by atoms with Gasteiger partial charge in [0.2, 0.25) is 0 Å². The van der Waals surface area contributed by atoms with E-state index in [9.17, 15) is 13.2 Å². The number of nitrogens with one attached hydrogen (secondary N) is 4. The number of rotatable bonds is 6. The van der Waals surface area contributed by atoms with Crippen molar-refractivity contribution < 1.29 is 8.42 Å². The van der Waals surface area contributed by atoms with Crippen LogP contribution in [0.3, 0.4) is 0 Å². The van der Waals surface area contributed by atoms with E-state index in [1.165, 1.54) is 0 Å². The molecule has 0 aliphatic carbocycles. The molecule has 0 aromatic carbocycles. The van der Waals surface area contributed by atoms with Crippen LogP contribution in [0.1, 0.15) is 17.0 Å². The van der Waals surface area contributed by atoms with Crippen LogP contribution in [0.5, 0.6) is 0 Å². The average Bonchev–Trinajstić information content (AvgIpc) is 2.96. The highest BCUT2D eigenvalue weighted by Gasteiger charge is 2.23. The van der Waals surface area contributed by atoms with Crippen molar-refractivity contribution in [1.29, 1.82) is 0 Å². The van der Waals surface area contributed by atoms with E-state index in [4.69, 9.17) is 0 Å². The normalized spacial score (nSPS) is 11.9. The highest BCUT2D eigenvalue weighted by atomic mass is 32.2. The zero-order chi connectivity index (χ0) is 14.8. The highest BCUT2D eigenvalue weighted by molar-refractivity contribution is 7.89. The van der Waals surface area contributed by atoms with Gasteiger partial charge in [-0.3, -0.25) is 9.89 Å². The first-order valence-corrected chi connectivity index (χ1v) is 8.15. The molecule has 0 aliphatic heterocycles. The SMILES string of the molecule is CNCc1c(S(=O)(=O)NCc2csc(=O)[nH]2)n[nH]c1C. The zero-order valence-electron chi connectivity index (χ0n) is 11.0. The van der Waals surface area contributed by atoms with Crippen LogP contribution in [0.15, 0.2) is 15.2 Å². The number of aromatic nitrogens is 3. The summed E-state index contributed by atoms with van der Waals surface area (Å²) < 4.78 is 26.8. The van der Waals surface area contributed by atoms with E-state index < -0.39 is 10.0 Å². The summed E-state index contributed by atoms with van der Waals surface area (Å²) in [7, 11) is -2.00. The van der Waals surface area contributed by atoms with E-state index in [-0.39, 0.29) is 16.4 Å². The Kier molecular flexibility index (Phi) is 4.38. The lowest BCUT2D eigenvalue weighted by Gasteiger charge is -2.06. The molecule has 2 aromatic rings. The maximum Gasteiger partial charge on any atom is 0.304 e. The Morgan fingerprint density at radius 2 is 2.15 bits per heavy atom. The molecule has 0 spiro atoms. The van der Waals surface area contributed by atoms with Crippen molar-refractivity contribution in [1.82, 2.24) is 25.2 Å². The summed E-state index contributed by atoms with van der Waals surface area (Å²) in [5.41, 5.74) is 1.81. The molecule has 10 heteroatoms. The summed E-state index contributed by atoms with van der Waals surface area (Å²) in [5, 5.41) is 11.0. The van der Waals surface area contributed by atoms with E-state index in [0.29, 0.717) is 23.5 Å². The molecule has 0 fully saturated rings.